The summed E-state index contributed by atoms with van der Waals surface area (Å²) < 4.78 is 28.8. The van der Waals surface area contributed by atoms with E-state index < -0.39 is 10.2 Å². The lowest BCUT2D eigenvalue weighted by molar-refractivity contribution is 0.339. The lowest BCUT2D eigenvalue weighted by Crippen LogP contribution is -2.45. The third kappa shape index (κ3) is 5.21. The summed E-state index contributed by atoms with van der Waals surface area (Å²) >= 11 is 0. The van der Waals surface area contributed by atoms with Gasteiger partial charge in [-0.1, -0.05) is 43.2 Å². The van der Waals surface area contributed by atoms with Crippen LogP contribution in [0.25, 0.3) is 0 Å². The molecule has 0 spiro atoms. The lowest BCUT2D eigenvalue weighted by atomic mass is 10.2. The molecule has 1 aliphatic heterocycles. The molecule has 1 aliphatic rings. The van der Waals surface area contributed by atoms with Crippen LogP contribution in [0.1, 0.15) is 31.2 Å². The maximum atomic E-state index is 12.8. The molecule has 0 atom stereocenters. The van der Waals surface area contributed by atoms with Gasteiger partial charge in [0.05, 0.1) is 0 Å². The van der Waals surface area contributed by atoms with Gasteiger partial charge in [-0.15, -0.1) is 12.4 Å². The number of hydrogen-bond acceptors (Lipinski definition) is 3. The maximum Gasteiger partial charge on any atom is 0.282 e. The fraction of sp³-hybridized carbons (Fsp3) is 0.600. The van der Waals surface area contributed by atoms with Gasteiger partial charge in [0.2, 0.25) is 0 Å². The monoisotopic (exact) mass is 347 g/mol. The molecule has 0 aliphatic carbocycles. The van der Waals surface area contributed by atoms with Crippen molar-refractivity contribution in [3.63, 3.8) is 0 Å². The first-order valence-corrected chi connectivity index (χ1v) is 9.03. The summed E-state index contributed by atoms with van der Waals surface area (Å²) in [4.78, 5) is 0. The molecule has 7 heteroatoms. The molecule has 0 amide bonds. The van der Waals surface area contributed by atoms with E-state index in [-0.39, 0.29) is 12.4 Å². The van der Waals surface area contributed by atoms with Crippen LogP contribution in [0.2, 0.25) is 0 Å². The summed E-state index contributed by atoms with van der Waals surface area (Å²) in [7, 11) is -3.42. The zero-order valence-electron chi connectivity index (χ0n) is 12.9. The molecule has 1 fully saturated rings. The summed E-state index contributed by atoms with van der Waals surface area (Å²) in [5.74, 6) is 0. The lowest BCUT2D eigenvalue weighted by Gasteiger charge is -2.29. The Labute approximate surface area is 140 Å². The number of halogens is 1. The molecule has 1 heterocycles. The van der Waals surface area contributed by atoms with Crippen LogP contribution in [0.4, 0.5) is 0 Å². The first-order chi connectivity index (χ1) is 10.1. The highest BCUT2D eigenvalue weighted by atomic mass is 35.5. The molecule has 22 heavy (non-hydrogen) atoms. The van der Waals surface area contributed by atoms with Gasteiger partial charge in [0.1, 0.15) is 0 Å². The first-order valence-electron chi connectivity index (χ1n) is 7.64. The number of benzene rings is 1. The van der Waals surface area contributed by atoms with E-state index in [1.165, 1.54) is 4.31 Å². The Kier molecular flexibility index (Phi) is 8.35. The highest BCUT2D eigenvalue weighted by molar-refractivity contribution is 7.86. The highest BCUT2D eigenvalue weighted by Gasteiger charge is 2.29. The second-order valence-electron chi connectivity index (χ2n) is 5.43. The molecule has 0 saturated carbocycles. The second-order valence-corrected chi connectivity index (χ2v) is 7.36. The molecule has 0 aromatic heterocycles. The van der Waals surface area contributed by atoms with Gasteiger partial charge in [-0.05, 0) is 18.4 Å². The fourth-order valence-corrected chi connectivity index (χ4v) is 4.34. The summed E-state index contributed by atoms with van der Waals surface area (Å²) in [5, 5.41) is 0. The zero-order valence-corrected chi connectivity index (χ0v) is 14.5. The molecule has 2 N–H and O–H groups in total. The smallest absolute Gasteiger partial charge is 0.282 e. The molecule has 1 aromatic rings. The summed E-state index contributed by atoms with van der Waals surface area (Å²) in [6, 6.07) is 9.67. The maximum absolute atomic E-state index is 12.8. The van der Waals surface area contributed by atoms with Crippen LogP contribution in [0.3, 0.4) is 0 Å². The third-order valence-corrected chi connectivity index (χ3v) is 5.78. The van der Waals surface area contributed by atoms with E-state index in [0.29, 0.717) is 32.7 Å². The topological polar surface area (TPSA) is 66.6 Å². The van der Waals surface area contributed by atoms with Crippen LogP contribution in [0.5, 0.6) is 0 Å². The van der Waals surface area contributed by atoms with Gasteiger partial charge in [-0.25, -0.2) is 0 Å². The van der Waals surface area contributed by atoms with E-state index in [2.05, 4.69) is 0 Å². The molecule has 0 bridgehead atoms. The number of hydrogen-bond donors (Lipinski definition) is 1. The number of rotatable bonds is 6. The second kappa shape index (κ2) is 9.47. The van der Waals surface area contributed by atoms with Gasteiger partial charge in [-0.2, -0.15) is 17.0 Å². The van der Waals surface area contributed by atoms with Crippen LogP contribution >= 0.6 is 12.4 Å². The van der Waals surface area contributed by atoms with Crippen molar-refractivity contribution >= 4 is 22.6 Å². The average molecular weight is 348 g/mol. The van der Waals surface area contributed by atoms with E-state index in [9.17, 15) is 8.42 Å². The molecule has 5 nitrogen and oxygen atoms in total. The first kappa shape index (κ1) is 19.4. The average Bonchev–Trinajstić information content (AvgIpc) is 2.77. The Morgan fingerprint density at radius 2 is 1.64 bits per heavy atom. The van der Waals surface area contributed by atoms with Crippen molar-refractivity contribution < 1.29 is 8.42 Å². The summed E-state index contributed by atoms with van der Waals surface area (Å²) in [5.41, 5.74) is 6.61. The summed E-state index contributed by atoms with van der Waals surface area (Å²) in [6.07, 6.45) is 4.12. The largest absolute Gasteiger partial charge is 0.329 e. The molecule has 0 unspecified atom stereocenters. The van der Waals surface area contributed by atoms with Crippen LogP contribution in [-0.2, 0) is 16.8 Å². The van der Waals surface area contributed by atoms with Gasteiger partial charge in [0.25, 0.3) is 10.2 Å². The van der Waals surface area contributed by atoms with E-state index in [1.54, 1.807) is 4.31 Å². The van der Waals surface area contributed by atoms with Crippen molar-refractivity contribution in [2.75, 3.05) is 26.2 Å². The highest BCUT2D eigenvalue weighted by Crippen LogP contribution is 2.18. The van der Waals surface area contributed by atoms with Crippen LogP contribution < -0.4 is 5.73 Å². The van der Waals surface area contributed by atoms with Gasteiger partial charge in [0, 0.05) is 32.7 Å². The van der Waals surface area contributed by atoms with E-state index in [4.69, 9.17) is 5.73 Å². The van der Waals surface area contributed by atoms with Crippen molar-refractivity contribution in [2.24, 2.45) is 5.73 Å². The number of nitrogens with two attached hydrogens (primary N) is 1. The number of nitrogens with zero attached hydrogens (tertiary/aromatic N) is 2. The quantitative estimate of drug-likeness (QED) is 0.855. The van der Waals surface area contributed by atoms with Gasteiger partial charge in [0.15, 0.2) is 0 Å². The predicted molar refractivity (Wildman–Crippen MR) is 92.1 cm³/mol. The molecule has 126 valence electrons. The Morgan fingerprint density at radius 1 is 1.05 bits per heavy atom. The predicted octanol–water partition coefficient (Wildman–Crippen LogP) is 1.99. The Bertz CT molecular complexity index is 517. The molecular formula is C15H26ClN3O2S. The van der Waals surface area contributed by atoms with E-state index >= 15 is 0 Å². The van der Waals surface area contributed by atoms with Crippen LogP contribution in [0, 0.1) is 0 Å². The minimum Gasteiger partial charge on any atom is -0.329 e. The minimum absolute atomic E-state index is 0. The van der Waals surface area contributed by atoms with E-state index in [1.807, 2.05) is 30.3 Å². The third-order valence-electron chi connectivity index (χ3n) is 3.80. The molecule has 0 radical (unpaired) electrons. The standard InChI is InChI=1S/C15H25N3O2S.ClH/c16-10-13-18(14-15-8-4-3-5-9-15)21(19,20)17-11-6-1-2-7-12-17;/h3-5,8-9H,1-2,6-7,10-14,16H2;1H. The Balaban J connectivity index is 0.00000242. The normalized spacial score (nSPS) is 17.0. The van der Waals surface area contributed by atoms with Crippen molar-refractivity contribution in [3.05, 3.63) is 35.9 Å². The van der Waals surface area contributed by atoms with Crippen LogP contribution in [-0.4, -0.2) is 43.2 Å². The SMILES string of the molecule is Cl.NCCN(Cc1ccccc1)S(=O)(=O)N1CCCCCC1. The Hall–Kier alpha value is -0.660. The van der Waals surface area contributed by atoms with Gasteiger partial charge >= 0.3 is 0 Å². The summed E-state index contributed by atoms with van der Waals surface area (Å²) in [6.45, 7) is 2.32. The molecule has 1 saturated heterocycles. The van der Waals surface area contributed by atoms with Gasteiger partial charge < -0.3 is 5.73 Å². The zero-order chi connectivity index (χ0) is 15.1. The van der Waals surface area contributed by atoms with Gasteiger partial charge in [-0.3, -0.25) is 0 Å². The Morgan fingerprint density at radius 3 is 2.18 bits per heavy atom. The van der Waals surface area contributed by atoms with Crippen molar-refractivity contribution in [1.82, 2.24) is 8.61 Å². The van der Waals surface area contributed by atoms with Crippen molar-refractivity contribution in [2.45, 2.75) is 32.2 Å². The molecule has 1 aromatic carbocycles. The fourth-order valence-electron chi connectivity index (χ4n) is 2.64. The van der Waals surface area contributed by atoms with Crippen LogP contribution in [0.15, 0.2) is 30.3 Å². The minimum atomic E-state index is -3.42. The molecular weight excluding hydrogens is 322 g/mol. The van der Waals surface area contributed by atoms with Crippen molar-refractivity contribution in [1.29, 1.82) is 0 Å². The van der Waals surface area contributed by atoms with Crippen molar-refractivity contribution in [3.8, 4) is 0 Å². The molecule has 2 rings (SSSR count). The van der Waals surface area contributed by atoms with E-state index in [0.717, 1.165) is 31.2 Å².